The van der Waals surface area contributed by atoms with Crippen LogP contribution in [0.25, 0.3) is 5.57 Å². The molecule has 0 amide bonds. The molecule has 0 aromatic carbocycles. The van der Waals surface area contributed by atoms with E-state index in [1.807, 2.05) is 19.9 Å². The van der Waals surface area contributed by atoms with Crippen LogP contribution >= 0.6 is 22.1 Å². The van der Waals surface area contributed by atoms with Crippen LogP contribution in [0.5, 0.6) is 5.88 Å². The molecule has 61 heavy (non-hydrogen) atoms. The van der Waals surface area contributed by atoms with Gasteiger partial charge in [-0.25, -0.2) is 0 Å². The van der Waals surface area contributed by atoms with E-state index in [0.29, 0.717) is 66.4 Å². The Kier molecular flexibility index (Phi) is 12.3. The first kappa shape index (κ1) is 45.6. The summed E-state index contributed by atoms with van der Waals surface area (Å²) in [6.07, 6.45) is 18.6. The maximum Gasteiger partial charge on any atom is 0.315 e. The molecule has 10 atom stereocenters. The Bertz CT molecular complexity index is 1930. The lowest BCUT2D eigenvalue weighted by molar-refractivity contribution is -0.221. The molecule has 1 aromatic heterocycles. The quantitative estimate of drug-likeness (QED) is 0.141. The first-order chi connectivity index (χ1) is 28.7. The summed E-state index contributed by atoms with van der Waals surface area (Å²) >= 11 is 1.38. The third-order valence-corrected chi connectivity index (χ3v) is 21.7. The number of fused-ring (bicyclic) bond motifs is 7. The van der Waals surface area contributed by atoms with E-state index < -0.39 is 16.0 Å². The number of carbonyl (C=O) groups is 1. The molecule has 0 spiro atoms. The first-order valence-corrected chi connectivity index (χ1v) is 26.6. The Balaban J connectivity index is 1.00. The molecule has 8 rings (SSSR count). The maximum atomic E-state index is 13.6. The van der Waals surface area contributed by atoms with Gasteiger partial charge in [-0.1, -0.05) is 65.5 Å². The van der Waals surface area contributed by atoms with E-state index in [1.54, 1.807) is 0 Å². The normalized spacial score (nSPS) is 40.9. The highest BCUT2D eigenvalue weighted by Crippen LogP contribution is 2.76. The van der Waals surface area contributed by atoms with Crippen molar-refractivity contribution in [1.82, 2.24) is 14.6 Å². The summed E-state index contributed by atoms with van der Waals surface area (Å²) in [4.78, 5) is 17.1. The number of nitrogens with zero attached hydrogens (tertiary/aromatic N) is 2. The maximum absolute atomic E-state index is 13.6. The fourth-order valence-corrected chi connectivity index (χ4v) is 17.5. The van der Waals surface area contributed by atoms with Gasteiger partial charge in [-0.15, -0.1) is 0 Å². The highest BCUT2D eigenvalue weighted by Gasteiger charge is 2.70. The Morgan fingerprint density at radius 3 is 2.36 bits per heavy atom. The van der Waals surface area contributed by atoms with Gasteiger partial charge < -0.3 is 14.8 Å². The third kappa shape index (κ3) is 7.68. The fourth-order valence-electron chi connectivity index (χ4n) is 15.6. The van der Waals surface area contributed by atoms with Crippen molar-refractivity contribution < 1.29 is 23.4 Å². The molecule has 4 saturated carbocycles. The largest absolute Gasteiger partial charge is 0.476 e. The second-order valence-corrected chi connectivity index (χ2v) is 25.6. The summed E-state index contributed by atoms with van der Waals surface area (Å²) in [6, 6.07) is 1.93. The number of ether oxygens (including phenoxy) is 2. The summed E-state index contributed by atoms with van der Waals surface area (Å²) in [5, 5.41) is 4.27. The Morgan fingerprint density at radius 2 is 1.70 bits per heavy atom. The lowest BCUT2D eigenvalue weighted by Crippen LogP contribution is -2.68. The zero-order valence-corrected chi connectivity index (χ0v) is 40.6. The van der Waals surface area contributed by atoms with Gasteiger partial charge in [0.1, 0.15) is 12.0 Å². The van der Waals surface area contributed by atoms with E-state index in [9.17, 15) is 13.9 Å². The molecule has 340 valence electrons. The fraction of sp³-hybridized carbons (Fsp3) is 0.765. The number of carbonyl (C=O) groups excluding carboxylic acids is 1. The summed E-state index contributed by atoms with van der Waals surface area (Å²) in [5.41, 5.74) is 5.55. The predicted octanol–water partition coefficient (Wildman–Crippen LogP) is 11.8. The van der Waals surface area contributed by atoms with Crippen LogP contribution in [0.2, 0.25) is 0 Å². The van der Waals surface area contributed by atoms with Gasteiger partial charge in [-0.3, -0.25) is 18.8 Å². The molecule has 0 radical (unpaired) electrons. The predicted molar refractivity (Wildman–Crippen MR) is 253 cm³/mol. The van der Waals surface area contributed by atoms with E-state index in [0.717, 1.165) is 49.5 Å². The van der Waals surface area contributed by atoms with Gasteiger partial charge >= 0.3 is 5.97 Å². The summed E-state index contributed by atoms with van der Waals surface area (Å²) in [6.45, 7) is 32.3. The second-order valence-electron chi connectivity index (χ2n) is 22.4. The Morgan fingerprint density at radius 1 is 0.951 bits per heavy atom. The molecular weight excluding hydrogens is 799 g/mol. The van der Waals surface area contributed by atoms with Crippen molar-refractivity contribution in [3.8, 4) is 5.88 Å². The number of hydrogen-bond donors (Lipinski definition) is 3. The topological polar surface area (TPSA) is 104 Å². The summed E-state index contributed by atoms with van der Waals surface area (Å²) in [7, 11) is -2.37. The average molecular weight is 878 g/mol. The molecule has 1 aromatic rings. The molecule has 0 bridgehead atoms. The van der Waals surface area contributed by atoms with E-state index >= 15 is 0 Å². The molecular formula is C51H79N3O5S2. The van der Waals surface area contributed by atoms with Crippen LogP contribution in [0, 0.1) is 56.7 Å². The van der Waals surface area contributed by atoms with Crippen molar-refractivity contribution in [1.29, 1.82) is 0 Å². The molecule has 8 nitrogen and oxygen atoms in total. The third-order valence-electron chi connectivity index (χ3n) is 19.1. The number of esters is 1. The zero-order chi connectivity index (χ0) is 43.8. The molecule has 1 unspecified atom stereocenters. The first-order valence-electron chi connectivity index (χ1n) is 23.9. The summed E-state index contributed by atoms with van der Waals surface area (Å²) in [5.74, 6) is 4.59. The minimum absolute atomic E-state index is 0.0333. The van der Waals surface area contributed by atoms with Gasteiger partial charge in [0.15, 0.2) is 0 Å². The summed E-state index contributed by atoms with van der Waals surface area (Å²) < 4.78 is 36.8. The van der Waals surface area contributed by atoms with Crippen LogP contribution < -0.4 is 10.1 Å². The van der Waals surface area contributed by atoms with Crippen molar-refractivity contribution in [2.45, 2.75) is 138 Å². The molecule has 6 aliphatic carbocycles. The smallest absolute Gasteiger partial charge is 0.315 e. The highest BCUT2D eigenvalue weighted by atomic mass is 32.3. The van der Waals surface area contributed by atoms with Crippen LogP contribution in [0.15, 0.2) is 48.1 Å². The van der Waals surface area contributed by atoms with E-state index in [2.05, 4.69) is 81.4 Å². The molecule has 10 heteroatoms. The molecule has 5 fully saturated rings. The Hall–Kier alpha value is -1.95. The minimum Gasteiger partial charge on any atom is -0.476 e. The van der Waals surface area contributed by atoms with Crippen LogP contribution in [0.3, 0.4) is 0 Å². The van der Waals surface area contributed by atoms with Gasteiger partial charge in [0.05, 0.1) is 23.0 Å². The number of allylic oxidation sites excluding steroid dienone is 6. The monoisotopic (exact) mass is 878 g/mol. The van der Waals surface area contributed by atoms with Gasteiger partial charge in [-0.2, -0.15) is 15.0 Å². The van der Waals surface area contributed by atoms with Crippen molar-refractivity contribution in [2.75, 3.05) is 50.9 Å². The van der Waals surface area contributed by atoms with E-state index in [4.69, 9.17) is 9.47 Å². The van der Waals surface area contributed by atoms with Crippen LogP contribution in [0.4, 0.5) is 0 Å². The molecule has 7 aliphatic rings. The molecule has 1 aliphatic heterocycles. The number of nitrogens with one attached hydrogen (secondary N) is 1. The van der Waals surface area contributed by atoms with E-state index in [-0.39, 0.29) is 39.8 Å². The van der Waals surface area contributed by atoms with Crippen molar-refractivity contribution in [2.24, 2.45) is 56.7 Å². The molecule has 1 saturated heterocycles. The Labute approximate surface area is 374 Å². The second kappa shape index (κ2) is 16.5. The molecule has 2 heterocycles. The van der Waals surface area contributed by atoms with Gasteiger partial charge in [0, 0.05) is 37.8 Å². The standard InChI is InChI=1S/C51H79N3O5S2/c1-11-58-45(55)50(33-59-43-32-40(35(4)5)60-53-43)21-14-36(15-22-50)38-17-19-47(8)41(46(38,6)7)18-20-49(10)42(47)13-12-39-44-37(34(2)3)16-23-51(44,25-24-48(39,49)9)52-26-27-54-28-30-61(56,57)31-29-54/h14,17,32,37,39,41-42,44,52,56-57H,2,4,11-13,15-16,18-31,33H2,1,3,5-10H3/t37-,39+,41-,42+,44+,47-,48+,49+,50?,51-/m0/s1. The number of rotatable bonds is 12. The highest BCUT2D eigenvalue weighted by molar-refractivity contribution is 8.24. The van der Waals surface area contributed by atoms with Gasteiger partial charge in [0.2, 0.25) is 5.88 Å². The van der Waals surface area contributed by atoms with Crippen molar-refractivity contribution >= 4 is 33.7 Å². The minimum atomic E-state index is -2.37. The van der Waals surface area contributed by atoms with Crippen molar-refractivity contribution in [3.63, 3.8) is 0 Å². The average Bonchev–Trinajstić information content (AvgIpc) is 3.85. The lowest BCUT2D eigenvalue weighted by Gasteiger charge is -2.72. The number of aromatic nitrogens is 1. The van der Waals surface area contributed by atoms with Crippen molar-refractivity contribution in [3.05, 3.63) is 53.0 Å². The van der Waals surface area contributed by atoms with Gasteiger partial charge in [0.25, 0.3) is 0 Å². The lowest BCUT2D eigenvalue weighted by atomic mass is 9.33. The van der Waals surface area contributed by atoms with Crippen LogP contribution in [0.1, 0.15) is 137 Å². The molecule has 3 N–H and O–H groups in total. The zero-order valence-electron chi connectivity index (χ0n) is 39.0. The van der Waals surface area contributed by atoms with Gasteiger partial charge in [-0.05, 0) is 177 Å². The van der Waals surface area contributed by atoms with E-state index in [1.165, 1.54) is 79.6 Å². The number of hydrogen-bond acceptors (Lipinski definition) is 9. The SMILES string of the molecule is C=C(C)c1cc(OCC2(C(=O)OCC)CC=C(C3=CC[C@]4(C)[C@H]5CC[C@@H]6[C@H]7[C@H](C(=C)C)CC[C@]7(NCCN7CCS(O)(O)CC7)CC[C@@]6(C)[C@]5(C)CC[C@H]4C3(C)C)CC2)ns1. The van der Waals surface area contributed by atoms with Crippen LogP contribution in [-0.2, 0) is 9.53 Å². The van der Waals surface area contributed by atoms with Crippen LogP contribution in [-0.4, -0.2) is 80.8 Å².